The topological polar surface area (TPSA) is 54.0 Å². The van der Waals surface area contributed by atoms with Gasteiger partial charge in [0.15, 0.2) is 14.6 Å². The molecule has 0 aromatic rings. The minimum Gasteiger partial charge on any atom is -0.466 e. The molecule has 0 amide bonds. The molecule has 0 spiro atoms. The number of hydrogen-bond acceptors (Lipinski definition) is 5. The number of carbonyl (C=O) groups excluding carboxylic acids is 1. The number of methoxy groups -OCH3 is 2. The summed E-state index contributed by atoms with van der Waals surface area (Å²) in [6.07, 6.45) is 7.74. The normalized spacial score (nSPS) is 25.8. The van der Waals surface area contributed by atoms with Gasteiger partial charge in [0.05, 0.1) is 19.3 Å². The fraction of sp³-hybridized carbons (Fsp3) is 0.773. The molecule has 1 fully saturated rings. The van der Waals surface area contributed by atoms with Gasteiger partial charge in [-0.3, -0.25) is 0 Å². The predicted molar refractivity (Wildman–Crippen MR) is 116 cm³/mol. The van der Waals surface area contributed by atoms with Crippen LogP contribution in [0.5, 0.6) is 0 Å². The second kappa shape index (κ2) is 10.7. The first-order chi connectivity index (χ1) is 12.9. The van der Waals surface area contributed by atoms with Gasteiger partial charge < -0.3 is 18.6 Å². The Morgan fingerprint density at radius 2 is 1.89 bits per heavy atom. The quantitative estimate of drug-likeness (QED) is 0.236. The summed E-state index contributed by atoms with van der Waals surface area (Å²) >= 11 is 0. The highest BCUT2D eigenvalue weighted by Gasteiger charge is 2.42. The lowest BCUT2D eigenvalue weighted by Crippen LogP contribution is -2.49. The summed E-state index contributed by atoms with van der Waals surface area (Å²) in [4.78, 5) is 11.2. The van der Waals surface area contributed by atoms with E-state index in [0.29, 0.717) is 5.92 Å². The van der Waals surface area contributed by atoms with E-state index in [1.54, 1.807) is 13.2 Å². The van der Waals surface area contributed by atoms with Crippen molar-refractivity contribution in [1.29, 1.82) is 0 Å². The van der Waals surface area contributed by atoms with E-state index >= 15 is 0 Å². The molecule has 1 aliphatic heterocycles. The molecule has 0 unspecified atom stereocenters. The number of allylic oxidation sites excluding steroid dienone is 2. The zero-order valence-corrected chi connectivity index (χ0v) is 20.2. The number of hydrogen-bond donors (Lipinski definition) is 0. The highest BCUT2D eigenvalue weighted by atomic mass is 28.4. The second-order valence-electron chi connectivity index (χ2n) is 9.31. The van der Waals surface area contributed by atoms with Gasteiger partial charge in [-0.15, -0.1) is 0 Å². The maximum atomic E-state index is 11.2. The molecule has 5 nitrogen and oxygen atoms in total. The molecule has 162 valence electrons. The Bertz CT molecular complexity index is 562. The maximum absolute atomic E-state index is 11.2. The van der Waals surface area contributed by atoms with E-state index in [1.807, 2.05) is 13.0 Å². The van der Waals surface area contributed by atoms with Crippen molar-refractivity contribution in [2.24, 2.45) is 5.92 Å². The summed E-state index contributed by atoms with van der Waals surface area (Å²) in [6, 6.07) is 0. The molecule has 0 saturated carbocycles. The summed E-state index contributed by atoms with van der Waals surface area (Å²) in [6.45, 7) is 15.5. The Hall–Kier alpha value is -0.953. The van der Waals surface area contributed by atoms with E-state index in [0.717, 1.165) is 24.8 Å². The van der Waals surface area contributed by atoms with Gasteiger partial charge in [0.1, 0.15) is 0 Å². The highest BCUT2D eigenvalue weighted by molar-refractivity contribution is 6.74. The van der Waals surface area contributed by atoms with E-state index in [4.69, 9.17) is 13.9 Å². The second-order valence-corrected chi connectivity index (χ2v) is 14.1. The van der Waals surface area contributed by atoms with Gasteiger partial charge in [0.2, 0.25) is 0 Å². The highest BCUT2D eigenvalue weighted by Crippen LogP contribution is 2.40. The van der Waals surface area contributed by atoms with Crippen molar-refractivity contribution in [3.05, 3.63) is 23.8 Å². The molecule has 6 heteroatoms. The van der Waals surface area contributed by atoms with Crippen molar-refractivity contribution >= 4 is 14.3 Å². The molecule has 28 heavy (non-hydrogen) atoms. The molecule has 0 aromatic carbocycles. The smallest absolute Gasteiger partial charge is 0.330 e. The molecule has 1 aliphatic rings. The third-order valence-corrected chi connectivity index (χ3v) is 10.4. The van der Waals surface area contributed by atoms with Crippen LogP contribution in [0.1, 0.15) is 53.9 Å². The summed E-state index contributed by atoms with van der Waals surface area (Å²) in [5.41, 5.74) is 1.05. The van der Waals surface area contributed by atoms with E-state index in [1.165, 1.54) is 13.2 Å². The van der Waals surface area contributed by atoms with E-state index in [9.17, 15) is 4.79 Å². The fourth-order valence-electron chi connectivity index (χ4n) is 2.92. The van der Waals surface area contributed by atoms with Crippen LogP contribution in [0.4, 0.5) is 0 Å². The van der Waals surface area contributed by atoms with Gasteiger partial charge in [-0.1, -0.05) is 39.8 Å². The molecular weight excluding hydrogens is 372 g/mol. The van der Waals surface area contributed by atoms with Crippen LogP contribution in [-0.2, 0) is 23.4 Å². The Balaban J connectivity index is 2.75. The molecule has 0 radical (unpaired) electrons. The average molecular weight is 413 g/mol. The van der Waals surface area contributed by atoms with Gasteiger partial charge in [0, 0.05) is 25.5 Å². The summed E-state index contributed by atoms with van der Waals surface area (Å²) in [7, 11) is 1.19. The third kappa shape index (κ3) is 7.47. The largest absolute Gasteiger partial charge is 0.466 e. The van der Waals surface area contributed by atoms with E-state index < -0.39 is 8.32 Å². The lowest BCUT2D eigenvalue weighted by molar-refractivity contribution is -0.186. The van der Waals surface area contributed by atoms with Crippen molar-refractivity contribution < 1.29 is 23.4 Å². The van der Waals surface area contributed by atoms with Crippen LogP contribution in [0.2, 0.25) is 18.1 Å². The molecule has 0 aromatic heterocycles. The summed E-state index contributed by atoms with van der Waals surface area (Å²) in [5.74, 6) is 0.0271. The molecule has 1 rings (SSSR count). The number of rotatable bonds is 8. The van der Waals surface area contributed by atoms with Gasteiger partial charge in [-0.2, -0.15) is 0 Å². The first-order valence-corrected chi connectivity index (χ1v) is 13.1. The Morgan fingerprint density at radius 3 is 2.43 bits per heavy atom. The zero-order valence-electron chi connectivity index (χ0n) is 19.2. The summed E-state index contributed by atoms with van der Waals surface area (Å²) < 4.78 is 23.2. The van der Waals surface area contributed by atoms with Crippen molar-refractivity contribution in [3.8, 4) is 0 Å². The lowest BCUT2D eigenvalue weighted by atomic mass is 9.94. The Morgan fingerprint density at radius 1 is 1.25 bits per heavy atom. The van der Waals surface area contributed by atoms with Crippen molar-refractivity contribution in [2.45, 2.75) is 90.5 Å². The van der Waals surface area contributed by atoms with Crippen molar-refractivity contribution in [1.82, 2.24) is 0 Å². The first kappa shape index (κ1) is 25.1. The van der Waals surface area contributed by atoms with Crippen LogP contribution in [0.25, 0.3) is 0 Å². The zero-order chi connectivity index (χ0) is 21.5. The van der Waals surface area contributed by atoms with Crippen molar-refractivity contribution in [2.75, 3.05) is 14.2 Å². The van der Waals surface area contributed by atoms with Crippen LogP contribution in [0.3, 0.4) is 0 Å². The minimum atomic E-state index is -1.89. The van der Waals surface area contributed by atoms with Gasteiger partial charge in [0.25, 0.3) is 0 Å². The monoisotopic (exact) mass is 412 g/mol. The first-order valence-electron chi connectivity index (χ1n) is 10.2. The molecular formula is C22H40O5Si. The number of ether oxygens (including phenoxy) is 3. The van der Waals surface area contributed by atoms with Gasteiger partial charge >= 0.3 is 5.97 Å². The van der Waals surface area contributed by atoms with Crippen LogP contribution in [-0.4, -0.2) is 47.0 Å². The molecule has 1 heterocycles. The minimum absolute atomic E-state index is 0.0609. The van der Waals surface area contributed by atoms with Crippen molar-refractivity contribution in [3.63, 3.8) is 0 Å². The summed E-state index contributed by atoms with van der Waals surface area (Å²) in [5, 5.41) is 0.156. The SMILES string of the molecule is COC(=O)/C=C/C=C(\C)[C@H](C[C@@H]1CC[C@@H](C)[C@H](O[Si](C)(C)C(C)(C)C)O1)OC. The standard InChI is InChI=1S/C22H40O5Si/c1-16(11-10-12-20(23)25-7)19(24-6)15-18-14-13-17(2)21(26-18)27-28(8,9)22(3,4)5/h10-12,17-19,21H,13-15H2,1-9H3/b12-10+,16-11+/t17-,18+,19+,21+/m1/s1. The molecule has 1 saturated heterocycles. The fourth-order valence-corrected chi connectivity index (χ4v) is 4.14. The number of carbonyl (C=O) groups is 1. The third-order valence-electron chi connectivity index (χ3n) is 6.01. The van der Waals surface area contributed by atoms with Crippen LogP contribution < -0.4 is 0 Å². The van der Waals surface area contributed by atoms with Gasteiger partial charge in [-0.05, 0) is 43.5 Å². The molecule has 0 aliphatic carbocycles. The molecule has 0 N–H and O–H groups in total. The van der Waals surface area contributed by atoms with E-state index in [-0.39, 0.29) is 29.5 Å². The van der Waals surface area contributed by atoms with E-state index in [2.05, 4.69) is 45.5 Å². The number of esters is 1. The van der Waals surface area contributed by atoms with Crippen LogP contribution in [0, 0.1) is 5.92 Å². The van der Waals surface area contributed by atoms with Gasteiger partial charge in [-0.25, -0.2) is 4.79 Å². The average Bonchev–Trinajstić information content (AvgIpc) is 2.60. The maximum Gasteiger partial charge on any atom is 0.330 e. The Kier molecular flexibility index (Phi) is 9.60. The molecule has 0 bridgehead atoms. The lowest BCUT2D eigenvalue weighted by Gasteiger charge is -2.44. The predicted octanol–water partition coefficient (Wildman–Crippen LogP) is 5.23. The van der Waals surface area contributed by atoms with Crippen LogP contribution >= 0.6 is 0 Å². The van der Waals surface area contributed by atoms with Crippen LogP contribution in [0.15, 0.2) is 23.8 Å². The Labute approximate surface area is 172 Å². The molecule has 4 atom stereocenters.